The lowest BCUT2D eigenvalue weighted by Crippen LogP contribution is -2.46. The summed E-state index contributed by atoms with van der Waals surface area (Å²) in [6.45, 7) is 3.75. The number of amides is 2. The summed E-state index contributed by atoms with van der Waals surface area (Å²) < 4.78 is 29.0. The molecule has 30 heavy (non-hydrogen) atoms. The third-order valence-corrected chi connectivity index (χ3v) is 4.05. The molecule has 0 fully saturated rings. The molecule has 0 aromatic heterocycles. The van der Waals surface area contributed by atoms with E-state index in [-0.39, 0.29) is 0 Å². The molecule has 0 aliphatic heterocycles. The Morgan fingerprint density at radius 2 is 1.90 bits per heavy atom. The van der Waals surface area contributed by atoms with Gasteiger partial charge in [0.25, 0.3) is 11.8 Å². The molecule has 1 atom stereocenters. The molecule has 7 nitrogen and oxygen atoms in total. The van der Waals surface area contributed by atoms with E-state index >= 15 is 0 Å². The molecule has 0 spiro atoms. The van der Waals surface area contributed by atoms with Gasteiger partial charge in [-0.2, -0.15) is 0 Å². The van der Waals surface area contributed by atoms with Crippen molar-refractivity contribution in [3.8, 4) is 17.2 Å². The van der Waals surface area contributed by atoms with E-state index < -0.39 is 23.7 Å². The Balaban J connectivity index is 1.90. The van der Waals surface area contributed by atoms with Crippen LogP contribution >= 0.6 is 11.6 Å². The summed E-state index contributed by atoms with van der Waals surface area (Å²) in [6.07, 6.45) is 1.82. The predicted molar refractivity (Wildman–Crippen MR) is 111 cm³/mol. The highest BCUT2D eigenvalue weighted by Crippen LogP contribution is 2.36. The van der Waals surface area contributed by atoms with E-state index in [2.05, 4.69) is 10.9 Å². The molecule has 2 aromatic rings. The summed E-state index contributed by atoms with van der Waals surface area (Å²) in [5.41, 5.74) is 5.11. The van der Waals surface area contributed by atoms with Gasteiger partial charge in [0.2, 0.25) is 0 Å². The summed E-state index contributed by atoms with van der Waals surface area (Å²) in [4.78, 5) is 24.0. The molecule has 0 saturated heterocycles. The Morgan fingerprint density at radius 1 is 1.20 bits per heavy atom. The summed E-state index contributed by atoms with van der Waals surface area (Å²) in [7, 11) is 1.49. The minimum absolute atomic E-state index is 0.326. The van der Waals surface area contributed by atoms with Gasteiger partial charge in [-0.3, -0.25) is 20.4 Å². The smallest absolute Gasteiger partial charge is 0.279 e. The molecule has 0 aliphatic carbocycles. The molecule has 160 valence electrons. The van der Waals surface area contributed by atoms with Crippen LogP contribution < -0.4 is 25.1 Å². The highest BCUT2D eigenvalue weighted by atomic mass is 35.5. The number of hydrogen-bond donors (Lipinski definition) is 2. The first kappa shape index (κ1) is 23.0. The normalized spacial score (nSPS) is 11.6. The molecule has 2 aromatic carbocycles. The van der Waals surface area contributed by atoms with E-state index in [0.29, 0.717) is 34.4 Å². The van der Waals surface area contributed by atoms with Gasteiger partial charge in [-0.05, 0) is 61.9 Å². The van der Waals surface area contributed by atoms with Gasteiger partial charge in [0.15, 0.2) is 17.6 Å². The van der Waals surface area contributed by atoms with Gasteiger partial charge in [0, 0.05) is 6.08 Å². The first-order chi connectivity index (χ1) is 14.3. The second kappa shape index (κ2) is 11.1. The van der Waals surface area contributed by atoms with Crippen LogP contribution in [0.5, 0.6) is 17.2 Å². The number of hydrogen-bond acceptors (Lipinski definition) is 5. The van der Waals surface area contributed by atoms with Crippen molar-refractivity contribution in [2.75, 3.05) is 13.7 Å². The SMILES string of the molecule is CCOc1c(Cl)cc(/C=C/C(=O)NNC(=O)C(C)Oc2ccc(F)cc2)cc1OC. The fourth-order valence-corrected chi connectivity index (χ4v) is 2.60. The first-order valence-corrected chi connectivity index (χ1v) is 9.42. The lowest BCUT2D eigenvalue weighted by atomic mass is 10.2. The molecule has 0 heterocycles. The minimum atomic E-state index is -0.908. The highest BCUT2D eigenvalue weighted by molar-refractivity contribution is 6.32. The van der Waals surface area contributed by atoms with Crippen LogP contribution in [0, 0.1) is 5.82 Å². The van der Waals surface area contributed by atoms with Gasteiger partial charge in [-0.25, -0.2) is 4.39 Å². The number of rotatable bonds is 8. The van der Waals surface area contributed by atoms with Crippen molar-refractivity contribution in [2.45, 2.75) is 20.0 Å². The average Bonchev–Trinajstić information content (AvgIpc) is 2.73. The zero-order valence-electron chi connectivity index (χ0n) is 16.7. The molecule has 0 bridgehead atoms. The standard InChI is InChI=1S/C21H22ClFN2O5/c1-4-29-20-17(22)11-14(12-18(20)28-3)5-10-19(26)24-25-21(27)13(2)30-16-8-6-15(23)7-9-16/h5-13H,4H2,1-3H3,(H,24,26)(H,25,27)/b10-5+. The third-order valence-electron chi connectivity index (χ3n) is 3.77. The quantitative estimate of drug-likeness (QED) is 0.488. The number of halogens is 2. The zero-order valence-corrected chi connectivity index (χ0v) is 17.5. The average molecular weight is 437 g/mol. The number of methoxy groups -OCH3 is 1. The van der Waals surface area contributed by atoms with E-state index in [9.17, 15) is 14.0 Å². The van der Waals surface area contributed by atoms with Crippen LogP contribution in [0.4, 0.5) is 4.39 Å². The Hall–Kier alpha value is -3.26. The molecule has 2 rings (SSSR count). The third kappa shape index (κ3) is 6.66. The van der Waals surface area contributed by atoms with Gasteiger partial charge < -0.3 is 14.2 Å². The summed E-state index contributed by atoms with van der Waals surface area (Å²) in [5, 5.41) is 0.344. The van der Waals surface area contributed by atoms with Crippen LogP contribution in [0.1, 0.15) is 19.4 Å². The van der Waals surface area contributed by atoms with Gasteiger partial charge >= 0.3 is 0 Å². The van der Waals surface area contributed by atoms with Crippen LogP contribution in [0.15, 0.2) is 42.5 Å². The number of carbonyl (C=O) groups excluding carboxylic acids is 2. The second-order valence-corrected chi connectivity index (χ2v) is 6.40. The highest BCUT2D eigenvalue weighted by Gasteiger charge is 2.15. The lowest BCUT2D eigenvalue weighted by molar-refractivity contribution is -0.131. The van der Waals surface area contributed by atoms with E-state index in [1.807, 2.05) is 6.92 Å². The van der Waals surface area contributed by atoms with Gasteiger partial charge in [0.1, 0.15) is 11.6 Å². The van der Waals surface area contributed by atoms with Crippen molar-refractivity contribution in [3.63, 3.8) is 0 Å². The number of carbonyl (C=O) groups is 2. The topological polar surface area (TPSA) is 85.9 Å². The predicted octanol–water partition coefficient (Wildman–Crippen LogP) is 3.51. The molecule has 0 radical (unpaired) electrons. The van der Waals surface area contributed by atoms with Crippen molar-refractivity contribution in [1.82, 2.24) is 10.9 Å². The Morgan fingerprint density at radius 3 is 2.53 bits per heavy atom. The van der Waals surface area contributed by atoms with Crippen LogP contribution in [0.25, 0.3) is 6.08 Å². The summed E-state index contributed by atoms with van der Waals surface area (Å²) >= 11 is 6.19. The van der Waals surface area contributed by atoms with Crippen LogP contribution in [0.3, 0.4) is 0 Å². The van der Waals surface area contributed by atoms with Crippen molar-refractivity contribution in [3.05, 3.63) is 58.9 Å². The molecular formula is C21H22ClFN2O5. The number of nitrogens with one attached hydrogen (secondary N) is 2. The maximum absolute atomic E-state index is 12.9. The Labute approximate surface area is 178 Å². The number of ether oxygens (including phenoxy) is 3. The van der Waals surface area contributed by atoms with Crippen LogP contribution in [-0.4, -0.2) is 31.6 Å². The molecule has 9 heteroatoms. The minimum Gasteiger partial charge on any atom is -0.493 e. The van der Waals surface area contributed by atoms with Gasteiger partial charge in [-0.1, -0.05) is 11.6 Å². The fraction of sp³-hybridized carbons (Fsp3) is 0.238. The molecule has 1 unspecified atom stereocenters. The lowest BCUT2D eigenvalue weighted by Gasteiger charge is -2.14. The maximum Gasteiger partial charge on any atom is 0.279 e. The van der Waals surface area contributed by atoms with E-state index in [0.717, 1.165) is 0 Å². The molecule has 0 aliphatic rings. The van der Waals surface area contributed by atoms with Crippen molar-refractivity contribution in [2.24, 2.45) is 0 Å². The maximum atomic E-state index is 12.9. The largest absolute Gasteiger partial charge is 0.493 e. The first-order valence-electron chi connectivity index (χ1n) is 9.04. The number of benzene rings is 2. The zero-order chi connectivity index (χ0) is 22.1. The second-order valence-electron chi connectivity index (χ2n) is 5.99. The molecule has 2 N–H and O–H groups in total. The van der Waals surface area contributed by atoms with Gasteiger partial charge in [-0.15, -0.1) is 0 Å². The van der Waals surface area contributed by atoms with Gasteiger partial charge in [0.05, 0.1) is 18.7 Å². The van der Waals surface area contributed by atoms with E-state index in [1.54, 1.807) is 12.1 Å². The number of hydrazine groups is 1. The van der Waals surface area contributed by atoms with Crippen molar-refractivity contribution in [1.29, 1.82) is 0 Å². The van der Waals surface area contributed by atoms with Crippen LogP contribution in [-0.2, 0) is 9.59 Å². The Bertz CT molecular complexity index is 918. The van der Waals surface area contributed by atoms with Crippen molar-refractivity contribution >= 4 is 29.5 Å². The van der Waals surface area contributed by atoms with Crippen molar-refractivity contribution < 1.29 is 28.2 Å². The molecule has 0 saturated carbocycles. The van der Waals surface area contributed by atoms with E-state index in [4.69, 9.17) is 25.8 Å². The monoisotopic (exact) mass is 436 g/mol. The Kier molecular flexibility index (Phi) is 8.49. The van der Waals surface area contributed by atoms with Crippen LogP contribution in [0.2, 0.25) is 5.02 Å². The summed E-state index contributed by atoms with van der Waals surface area (Å²) in [5.74, 6) is -0.375. The van der Waals surface area contributed by atoms with E-state index in [1.165, 1.54) is 50.5 Å². The fourth-order valence-electron chi connectivity index (χ4n) is 2.33. The molecular weight excluding hydrogens is 415 g/mol. The summed E-state index contributed by atoms with van der Waals surface area (Å²) in [6, 6.07) is 8.52. The molecule has 2 amide bonds.